The van der Waals surface area contributed by atoms with E-state index in [1.807, 2.05) is 7.05 Å². The smallest absolute Gasteiger partial charge is 0.189 e. The predicted molar refractivity (Wildman–Crippen MR) is 203 cm³/mol. The minimum absolute atomic E-state index is 0.0261. The Labute approximate surface area is 302 Å². The van der Waals surface area contributed by atoms with Crippen molar-refractivity contribution >= 4 is 33.3 Å². The molecule has 270 valence electrons. The minimum atomic E-state index is -0.223. The second-order valence-electron chi connectivity index (χ2n) is 16.6. The number of hydrogen-bond donors (Lipinski definition) is 5. The first-order valence-electron chi connectivity index (χ1n) is 19.3. The molecule has 6 N–H and O–H groups in total. The number of ketones is 1. The Morgan fingerprint density at radius 1 is 1.10 bits per heavy atom. The lowest BCUT2D eigenvalue weighted by atomic mass is 9.47. The van der Waals surface area contributed by atoms with Gasteiger partial charge in [0.1, 0.15) is 0 Å². The van der Waals surface area contributed by atoms with Crippen LogP contribution < -0.4 is 16.4 Å². The van der Waals surface area contributed by atoms with Crippen molar-refractivity contribution < 1.29 is 15.0 Å². The fourth-order valence-corrected chi connectivity index (χ4v) is 16.2. The first-order valence-corrected chi connectivity index (χ1v) is 21.7. The summed E-state index contributed by atoms with van der Waals surface area (Å²) in [5.41, 5.74) is 11.6. The molecule has 3 saturated carbocycles. The van der Waals surface area contributed by atoms with Gasteiger partial charge >= 0.3 is 0 Å². The van der Waals surface area contributed by atoms with Gasteiger partial charge in [0.15, 0.2) is 11.7 Å². The number of carbonyl (C=O) groups excluding carboxylic acids is 1. The van der Waals surface area contributed by atoms with Gasteiger partial charge in [0.25, 0.3) is 0 Å². The number of aliphatic imine (C=N–C) groups is 1. The Balaban J connectivity index is 1.29. The van der Waals surface area contributed by atoms with E-state index in [1.165, 1.54) is 48.8 Å². The number of nitrogens with one attached hydrogen (secondary N) is 2. The summed E-state index contributed by atoms with van der Waals surface area (Å²) >= 11 is 0. The van der Waals surface area contributed by atoms with Gasteiger partial charge in [-0.05, 0) is 118 Å². The molecule has 7 atom stereocenters. The van der Waals surface area contributed by atoms with Gasteiger partial charge in [-0.1, -0.05) is 77.6 Å². The van der Waals surface area contributed by atoms with Crippen molar-refractivity contribution in [3.05, 3.63) is 46.5 Å². The lowest BCUT2D eigenvalue weighted by Gasteiger charge is -2.58. The van der Waals surface area contributed by atoms with Crippen LogP contribution in [0.15, 0.2) is 40.4 Å². The van der Waals surface area contributed by atoms with Crippen LogP contribution in [0, 0.1) is 34.5 Å². The number of hydrogen-bond acceptors (Lipinski definition) is 9. The van der Waals surface area contributed by atoms with Gasteiger partial charge in [-0.3, -0.25) is 9.79 Å². The number of nitrogens with two attached hydrogens (primary N) is 1. The maximum atomic E-state index is 14.3. The minimum Gasteiger partial charge on any atom is -0.396 e. The second-order valence-corrected chi connectivity index (χ2v) is 19.4. The molecule has 0 saturated heterocycles. The molecule has 7 rings (SSSR count). The Bertz CT molecular complexity index is 1440. The average molecular weight is 709 g/mol. The van der Waals surface area contributed by atoms with Gasteiger partial charge in [-0.25, -0.2) is 0 Å². The number of rotatable bonds is 8. The predicted octanol–water partition coefficient (Wildman–Crippen LogP) is 6.56. The van der Waals surface area contributed by atoms with Gasteiger partial charge in [0.2, 0.25) is 0 Å². The second kappa shape index (κ2) is 14.5. The molecule has 6 aliphatic rings. The Hall–Kier alpha value is -1.52. The molecule has 2 heterocycles. The van der Waals surface area contributed by atoms with E-state index in [1.54, 1.807) is 0 Å². The molecule has 0 amide bonds. The zero-order valence-electron chi connectivity index (χ0n) is 29.9. The van der Waals surface area contributed by atoms with E-state index in [2.05, 4.69) is 63.4 Å². The van der Waals surface area contributed by atoms with Gasteiger partial charge < -0.3 is 26.6 Å². The van der Waals surface area contributed by atoms with E-state index < -0.39 is 0 Å². The first-order chi connectivity index (χ1) is 23.8. The summed E-state index contributed by atoms with van der Waals surface area (Å²) in [6.45, 7) is 4.46. The highest BCUT2D eigenvalue weighted by molar-refractivity contribution is 8.77. The Morgan fingerprint density at radius 3 is 2.69 bits per heavy atom. The lowest BCUT2D eigenvalue weighted by molar-refractivity contribution is -0.125. The molecule has 4 aliphatic carbocycles. The standard InChI is InChI=1S/C40H60N4O3S2/c1-37-16-18-48-49-38(13-4-3-5-14-38)40(31(25-43-36(41)44-40)20-27-9-6-10-28(19-27)24-42-2)15-7-11-32-34-22-30(37)21-29(26-46)33(12-8-17-45)39(34,37)23-35(32)47/h6,9-10,19,29-31,33,42,45-46H,3-5,7-8,11-18,20-26H2,1-2H3,(H3,41,43,44)/t29-,30-,31+,33-,37+,39+,40+/m1/s1. The highest BCUT2D eigenvalue weighted by Crippen LogP contribution is 2.75. The van der Waals surface area contributed by atoms with Crippen LogP contribution in [0.3, 0.4) is 0 Å². The van der Waals surface area contributed by atoms with Crippen LogP contribution in [0.4, 0.5) is 0 Å². The third-order valence-corrected chi connectivity index (χ3v) is 17.9. The zero-order chi connectivity index (χ0) is 34.3. The van der Waals surface area contributed by atoms with Gasteiger partial charge in [-0.2, -0.15) is 0 Å². The van der Waals surface area contributed by atoms with E-state index in [-0.39, 0.29) is 46.2 Å². The average Bonchev–Trinajstić information content (AvgIpc) is 3.43. The van der Waals surface area contributed by atoms with Crippen molar-refractivity contribution in [2.45, 2.75) is 120 Å². The highest BCUT2D eigenvalue weighted by Gasteiger charge is 2.70. The maximum absolute atomic E-state index is 14.3. The highest BCUT2D eigenvalue weighted by atomic mass is 33.1. The number of aliphatic hydroxyl groups is 2. The molecule has 0 unspecified atom stereocenters. The molecule has 1 aromatic carbocycles. The molecule has 5 bridgehead atoms. The maximum Gasteiger partial charge on any atom is 0.189 e. The van der Waals surface area contributed by atoms with E-state index in [0.29, 0.717) is 30.0 Å². The van der Waals surface area contributed by atoms with Gasteiger partial charge in [0, 0.05) is 54.6 Å². The van der Waals surface area contributed by atoms with Crippen molar-refractivity contribution in [3.63, 3.8) is 0 Å². The van der Waals surface area contributed by atoms with Crippen LogP contribution in [-0.2, 0) is 17.8 Å². The summed E-state index contributed by atoms with van der Waals surface area (Å²) < 4.78 is 0.0261. The molecule has 0 aromatic heterocycles. The van der Waals surface area contributed by atoms with Gasteiger partial charge in [-0.15, -0.1) is 0 Å². The van der Waals surface area contributed by atoms with Gasteiger partial charge in [0.05, 0.1) is 5.54 Å². The number of guanidine groups is 1. The molecular formula is C40H60N4O3S2. The number of Topliss-reactive ketones (excluding diaryl/α,β-unsaturated/α-hetero) is 1. The summed E-state index contributed by atoms with van der Waals surface area (Å²) in [6.07, 6.45) is 15.2. The van der Waals surface area contributed by atoms with Crippen LogP contribution >= 0.6 is 21.6 Å². The van der Waals surface area contributed by atoms with E-state index in [4.69, 9.17) is 10.7 Å². The van der Waals surface area contributed by atoms with Crippen LogP contribution in [0.25, 0.3) is 0 Å². The van der Waals surface area contributed by atoms with E-state index >= 15 is 0 Å². The fourth-order valence-electron chi connectivity index (χ4n) is 12.3. The normalized spacial score (nSPS) is 37.4. The summed E-state index contributed by atoms with van der Waals surface area (Å²) in [7, 11) is 6.26. The SMILES string of the molecule is CNCc1cccc(C[C@H]2CN=C(N)N[C@@]23CCCC2=C4C[C@H]5C[C@H](CO)[C@@H](CCCO)[C@]4(CC2=O)[C@@]5(C)CCSSC32CCCCC2)c1. The molecule has 49 heavy (non-hydrogen) atoms. The van der Waals surface area contributed by atoms with Crippen molar-refractivity contribution in [3.8, 4) is 0 Å². The molecule has 7 nitrogen and oxygen atoms in total. The third kappa shape index (κ3) is 5.93. The molecule has 1 aromatic rings. The van der Waals surface area contributed by atoms with Crippen LogP contribution in [0.5, 0.6) is 0 Å². The van der Waals surface area contributed by atoms with Crippen LogP contribution in [0.2, 0.25) is 0 Å². The summed E-state index contributed by atoms with van der Waals surface area (Å²) in [4.78, 5) is 19.2. The number of fused-ring (bicyclic) bond motifs is 1. The van der Waals surface area contributed by atoms with E-state index in [9.17, 15) is 15.0 Å². The topological polar surface area (TPSA) is 120 Å². The van der Waals surface area contributed by atoms with Crippen molar-refractivity contribution in [1.82, 2.24) is 10.6 Å². The number of allylic oxidation sites excluding steroid dienone is 2. The number of benzene rings is 1. The van der Waals surface area contributed by atoms with Crippen molar-refractivity contribution in [2.75, 3.05) is 32.6 Å². The molecule has 9 heteroatoms. The zero-order valence-corrected chi connectivity index (χ0v) is 31.5. The largest absolute Gasteiger partial charge is 0.396 e. The molecule has 3 spiro atoms. The first kappa shape index (κ1) is 35.9. The van der Waals surface area contributed by atoms with Crippen molar-refractivity contribution in [2.24, 2.45) is 45.2 Å². The lowest BCUT2D eigenvalue weighted by Crippen LogP contribution is -2.71. The van der Waals surface area contributed by atoms with Crippen molar-refractivity contribution in [1.29, 1.82) is 0 Å². The summed E-state index contributed by atoms with van der Waals surface area (Å²) in [6, 6.07) is 9.06. The van der Waals surface area contributed by atoms with Crippen LogP contribution in [-0.4, -0.2) is 64.8 Å². The summed E-state index contributed by atoms with van der Waals surface area (Å²) in [5, 5.41) is 27.9. The molecule has 2 aliphatic heterocycles. The Kier molecular flexibility index (Phi) is 10.6. The third-order valence-electron chi connectivity index (χ3n) is 14.5. The molecule has 0 radical (unpaired) electrons. The molecular weight excluding hydrogens is 649 g/mol. The number of aliphatic hydroxyl groups excluding tert-OH is 2. The number of carbonyl (C=O) groups is 1. The summed E-state index contributed by atoms with van der Waals surface area (Å²) in [5.74, 6) is 3.28. The monoisotopic (exact) mass is 708 g/mol. The Morgan fingerprint density at radius 2 is 1.92 bits per heavy atom. The number of nitrogens with zero attached hydrogens (tertiary/aromatic N) is 1. The molecule has 3 fully saturated rings. The quantitative estimate of drug-likeness (QED) is 0.193. The van der Waals surface area contributed by atoms with Crippen LogP contribution in [0.1, 0.15) is 108 Å². The van der Waals surface area contributed by atoms with E-state index in [0.717, 1.165) is 82.2 Å². The fraction of sp³-hybridized carbons (Fsp3) is 0.750.